The van der Waals surface area contributed by atoms with Gasteiger partial charge in [0.2, 0.25) is 15.6 Å². The lowest BCUT2D eigenvalue weighted by Gasteiger charge is -2.15. The van der Waals surface area contributed by atoms with Crippen LogP contribution in [0.25, 0.3) is 0 Å². The van der Waals surface area contributed by atoms with E-state index in [1.54, 1.807) is 20.8 Å². The number of aryl methyl sites for hydroxylation is 3. The molecule has 0 aliphatic rings. The molecule has 0 aliphatic heterocycles. The molecule has 4 aromatic carbocycles. The van der Waals surface area contributed by atoms with Crippen molar-refractivity contribution < 1.29 is 38.0 Å². The van der Waals surface area contributed by atoms with Crippen LogP contribution in [0, 0.1) is 47.9 Å². The number of hydrogen-bond donors (Lipinski definition) is 2. The van der Waals surface area contributed by atoms with Gasteiger partial charge in [0, 0.05) is 23.8 Å². The first-order valence-electron chi connectivity index (χ1n) is 12.0. The number of aromatic hydroxyl groups is 2. The highest BCUT2D eigenvalue weighted by atomic mass is 32.2. The highest BCUT2D eigenvalue weighted by molar-refractivity contribution is 7.91. The molecular weight excluding hydrogens is 556 g/mol. The molecule has 4 rings (SSSR count). The van der Waals surface area contributed by atoms with E-state index in [1.165, 1.54) is 55.5 Å². The van der Waals surface area contributed by atoms with E-state index < -0.39 is 42.6 Å². The average Bonchev–Trinajstić information content (AvgIpc) is 2.90. The molecule has 0 atom stereocenters. The number of ether oxygens (including phenoxy) is 2. The van der Waals surface area contributed by atoms with E-state index in [1.807, 2.05) is 0 Å². The molecule has 4 aromatic rings. The van der Waals surface area contributed by atoms with E-state index in [2.05, 4.69) is 0 Å². The minimum Gasteiger partial charge on any atom is -0.502 e. The molecule has 41 heavy (non-hydrogen) atoms. The van der Waals surface area contributed by atoms with Gasteiger partial charge in [-0.1, -0.05) is 0 Å². The van der Waals surface area contributed by atoms with Crippen molar-refractivity contribution in [2.45, 2.75) is 37.5 Å². The van der Waals surface area contributed by atoms with E-state index in [-0.39, 0.29) is 32.6 Å². The van der Waals surface area contributed by atoms with Crippen molar-refractivity contribution >= 4 is 21.2 Å². The zero-order valence-corrected chi connectivity index (χ0v) is 23.1. The van der Waals surface area contributed by atoms with Crippen LogP contribution in [0.2, 0.25) is 0 Å². The van der Waals surface area contributed by atoms with Gasteiger partial charge < -0.3 is 19.7 Å². The molecule has 0 saturated carbocycles. The summed E-state index contributed by atoms with van der Waals surface area (Å²) in [5.41, 5.74) is 0.628. The second kappa shape index (κ2) is 10.8. The third kappa shape index (κ3) is 5.61. The predicted molar refractivity (Wildman–Crippen MR) is 147 cm³/mol. The number of phenols is 2. The first-order chi connectivity index (χ1) is 19.2. The summed E-state index contributed by atoms with van der Waals surface area (Å²) >= 11 is 0. The first kappa shape index (κ1) is 28.8. The maximum atomic E-state index is 13.4. The summed E-state index contributed by atoms with van der Waals surface area (Å²) < 4.78 is 38.4. The van der Waals surface area contributed by atoms with Gasteiger partial charge in [0.25, 0.3) is 0 Å². The topological polar surface area (TPSA) is 179 Å². The molecule has 13 heteroatoms. The van der Waals surface area contributed by atoms with Gasteiger partial charge >= 0.3 is 11.4 Å². The summed E-state index contributed by atoms with van der Waals surface area (Å²) in [7, 11) is -3.96. The summed E-state index contributed by atoms with van der Waals surface area (Å²) in [5, 5.41) is 42.1. The highest BCUT2D eigenvalue weighted by Crippen LogP contribution is 2.41. The Morgan fingerprint density at radius 3 is 1.71 bits per heavy atom. The first-order valence-corrected chi connectivity index (χ1v) is 13.5. The Kier molecular flexibility index (Phi) is 7.57. The zero-order chi connectivity index (χ0) is 30.2. The van der Waals surface area contributed by atoms with Crippen LogP contribution in [-0.4, -0.2) is 28.5 Å². The normalized spacial score (nSPS) is 11.2. The van der Waals surface area contributed by atoms with Crippen molar-refractivity contribution in [1.29, 1.82) is 0 Å². The van der Waals surface area contributed by atoms with Crippen molar-refractivity contribution in [1.82, 2.24) is 0 Å². The maximum absolute atomic E-state index is 13.4. The van der Waals surface area contributed by atoms with Gasteiger partial charge in [-0.2, -0.15) is 0 Å². The fourth-order valence-electron chi connectivity index (χ4n) is 4.24. The Morgan fingerprint density at radius 1 is 0.659 bits per heavy atom. The van der Waals surface area contributed by atoms with E-state index >= 15 is 0 Å². The largest absolute Gasteiger partial charge is 0.502 e. The molecule has 0 saturated heterocycles. The lowest BCUT2D eigenvalue weighted by atomic mass is 10.1. The van der Waals surface area contributed by atoms with Gasteiger partial charge in [0.05, 0.1) is 19.6 Å². The second-order valence-electron chi connectivity index (χ2n) is 9.25. The molecule has 0 spiro atoms. The number of rotatable bonds is 8. The van der Waals surface area contributed by atoms with Crippen LogP contribution < -0.4 is 9.47 Å². The van der Waals surface area contributed by atoms with E-state index in [0.717, 1.165) is 12.1 Å². The predicted octanol–water partition coefficient (Wildman–Crippen LogP) is 6.57. The fourth-order valence-corrected chi connectivity index (χ4v) is 5.67. The summed E-state index contributed by atoms with van der Waals surface area (Å²) in [6.07, 6.45) is 0. The molecule has 0 aliphatic carbocycles. The molecule has 0 unspecified atom stereocenters. The summed E-state index contributed by atoms with van der Waals surface area (Å²) in [5.74, 6) is -0.142. The molecule has 12 nitrogen and oxygen atoms in total. The van der Waals surface area contributed by atoms with Gasteiger partial charge in [0.1, 0.15) is 23.0 Å². The molecule has 0 amide bonds. The molecule has 0 radical (unpaired) electrons. The zero-order valence-electron chi connectivity index (χ0n) is 22.2. The van der Waals surface area contributed by atoms with Crippen molar-refractivity contribution in [2.24, 2.45) is 0 Å². The number of benzene rings is 4. The summed E-state index contributed by atoms with van der Waals surface area (Å²) in [6, 6.07) is 13.2. The van der Waals surface area contributed by atoms with Gasteiger partial charge in [-0.05, 0) is 86.8 Å². The van der Waals surface area contributed by atoms with E-state index in [0.29, 0.717) is 22.4 Å². The fraction of sp³-hybridized carbons (Fsp3) is 0.143. The Balaban J connectivity index is 1.59. The molecule has 0 bridgehead atoms. The number of phenolic OH excluding ortho intramolecular Hbond substituents is 2. The van der Waals surface area contributed by atoms with Crippen LogP contribution >= 0.6 is 0 Å². The van der Waals surface area contributed by atoms with Crippen molar-refractivity contribution in [2.75, 3.05) is 0 Å². The summed E-state index contributed by atoms with van der Waals surface area (Å²) in [4.78, 5) is 20.6. The lowest BCUT2D eigenvalue weighted by Crippen LogP contribution is -2.04. The summed E-state index contributed by atoms with van der Waals surface area (Å²) in [6.45, 7) is 6.36. The molecule has 2 N–H and O–H groups in total. The second-order valence-corrected chi connectivity index (χ2v) is 11.2. The van der Waals surface area contributed by atoms with Gasteiger partial charge in [-0.15, -0.1) is 0 Å². The van der Waals surface area contributed by atoms with Crippen LogP contribution in [0.15, 0.2) is 70.5 Å². The van der Waals surface area contributed by atoms with E-state index in [9.17, 15) is 38.9 Å². The van der Waals surface area contributed by atoms with Crippen molar-refractivity contribution in [3.8, 4) is 34.5 Å². The lowest BCUT2D eigenvalue weighted by molar-refractivity contribution is -0.386. The Bertz CT molecular complexity index is 1790. The number of nitrogens with zero attached hydrogens (tertiary/aromatic N) is 2. The Labute approximate surface area is 234 Å². The molecule has 0 aromatic heterocycles. The Hall–Kier alpha value is -5.17. The minimum absolute atomic E-state index is 0.00652. The third-order valence-electron chi connectivity index (χ3n) is 6.31. The smallest absolute Gasteiger partial charge is 0.311 e. The SMILES string of the molecule is Cc1cc(S(=O)(=O)c2ccc(Oc3c(C)cc([N+](=O)[O-])c(O)c3C)cc2)cc(C)c1Oc1ccc([N+](=O)[O-])c(O)c1. The maximum Gasteiger partial charge on any atom is 0.311 e. The van der Waals surface area contributed by atoms with E-state index in [4.69, 9.17) is 9.47 Å². The van der Waals surface area contributed by atoms with Crippen LogP contribution in [-0.2, 0) is 9.84 Å². The Morgan fingerprint density at radius 2 is 1.17 bits per heavy atom. The molecular formula is C28H24N2O10S. The minimum atomic E-state index is -3.96. The van der Waals surface area contributed by atoms with Crippen LogP contribution in [0.3, 0.4) is 0 Å². The highest BCUT2D eigenvalue weighted by Gasteiger charge is 2.24. The van der Waals surface area contributed by atoms with Crippen molar-refractivity contribution in [3.05, 3.63) is 103 Å². The standard InChI is InChI=1S/C28H24N2O10S/c1-15-11-22(12-16(2)27(15)40-20-7-10-23(29(33)34)25(31)14-20)41(37,38)21-8-5-19(6-9-21)39-28-17(3)13-24(30(35)36)26(32)18(28)4/h5-14,31-32H,1-4H3. The van der Waals surface area contributed by atoms with Crippen LogP contribution in [0.1, 0.15) is 22.3 Å². The molecule has 0 fully saturated rings. The number of nitro benzene ring substituents is 2. The van der Waals surface area contributed by atoms with Crippen molar-refractivity contribution in [3.63, 3.8) is 0 Å². The van der Waals surface area contributed by atoms with Crippen LogP contribution in [0.5, 0.6) is 34.5 Å². The van der Waals surface area contributed by atoms with Crippen LogP contribution in [0.4, 0.5) is 11.4 Å². The quantitative estimate of drug-likeness (QED) is 0.171. The number of hydrogen-bond acceptors (Lipinski definition) is 10. The number of sulfone groups is 1. The number of nitro groups is 2. The average molecular weight is 581 g/mol. The van der Waals surface area contributed by atoms with Gasteiger partial charge in [-0.25, -0.2) is 8.42 Å². The molecule has 0 heterocycles. The monoisotopic (exact) mass is 580 g/mol. The van der Waals surface area contributed by atoms with Gasteiger partial charge in [-0.3, -0.25) is 20.2 Å². The van der Waals surface area contributed by atoms with Gasteiger partial charge in [0.15, 0.2) is 5.75 Å². The third-order valence-corrected chi connectivity index (χ3v) is 8.06. The molecule has 212 valence electrons.